The average molecular weight is 368 g/mol. The number of non-ortho nitro benzene ring substituents is 1. The van der Waals surface area contributed by atoms with E-state index >= 15 is 0 Å². The minimum atomic E-state index is -0.530. The second-order valence-corrected chi connectivity index (χ2v) is 6.44. The molecule has 0 unspecified atom stereocenters. The van der Waals surface area contributed by atoms with Crippen LogP contribution < -0.4 is 5.32 Å². The van der Waals surface area contributed by atoms with Crippen LogP contribution in [0.15, 0.2) is 28.1 Å². The number of amides is 1. The third kappa shape index (κ3) is 3.11. The van der Waals surface area contributed by atoms with Crippen molar-refractivity contribution in [2.75, 3.05) is 5.32 Å². The summed E-state index contributed by atoms with van der Waals surface area (Å²) in [6.07, 6.45) is 2.29. The molecule has 2 aromatic rings. The number of carbonyl (C=O) groups is 1. The molecule has 1 N–H and O–H groups in total. The summed E-state index contributed by atoms with van der Waals surface area (Å²) in [6.45, 7) is 0. The minimum absolute atomic E-state index is 0.124. The highest BCUT2D eigenvalue weighted by molar-refractivity contribution is 9.10. The van der Waals surface area contributed by atoms with Gasteiger partial charge in [-0.15, -0.1) is 11.3 Å². The molecule has 1 aromatic carbocycles. The highest BCUT2D eigenvalue weighted by atomic mass is 79.9. The van der Waals surface area contributed by atoms with E-state index in [1.807, 2.05) is 5.38 Å². The van der Waals surface area contributed by atoms with E-state index in [1.165, 1.54) is 29.5 Å². The Morgan fingerprint density at radius 1 is 1.48 bits per heavy atom. The molecule has 1 aromatic heterocycles. The number of nitrogens with one attached hydrogen (secondary N) is 1. The Kier molecular flexibility index (Phi) is 3.73. The molecule has 8 heteroatoms. The van der Waals surface area contributed by atoms with Crippen LogP contribution >= 0.6 is 27.3 Å². The van der Waals surface area contributed by atoms with Gasteiger partial charge in [0.1, 0.15) is 0 Å². The van der Waals surface area contributed by atoms with Gasteiger partial charge in [0.25, 0.3) is 11.6 Å². The molecule has 0 aliphatic heterocycles. The fourth-order valence-electron chi connectivity index (χ4n) is 1.88. The SMILES string of the molecule is O=C(Nc1nc(C2CC2)cs1)c1cc([N+](=O)[O-])ccc1Br. The first-order chi connectivity index (χ1) is 10.0. The molecule has 0 atom stereocenters. The van der Waals surface area contributed by atoms with Crippen molar-refractivity contribution in [2.45, 2.75) is 18.8 Å². The number of nitrogens with zero attached hydrogens (tertiary/aromatic N) is 2. The molecule has 6 nitrogen and oxygen atoms in total. The highest BCUT2D eigenvalue weighted by Gasteiger charge is 2.26. The van der Waals surface area contributed by atoms with Gasteiger partial charge in [-0.3, -0.25) is 20.2 Å². The van der Waals surface area contributed by atoms with Gasteiger partial charge in [0, 0.05) is 27.9 Å². The van der Waals surface area contributed by atoms with Gasteiger partial charge in [0.2, 0.25) is 0 Å². The zero-order valence-electron chi connectivity index (χ0n) is 10.7. The lowest BCUT2D eigenvalue weighted by molar-refractivity contribution is -0.384. The summed E-state index contributed by atoms with van der Waals surface area (Å²) >= 11 is 4.60. The first-order valence-corrected chi connectivity index (χ1v) is 7.92. The van der Waals surface area contributed by atoms with E-state index in [9.17, 15) is 14.9 Å². The molecule has 108 valence electrons. The van der Waals surface area contributed by atoms with E-state index in [0.717, 1.165) is 18.5 Å². The Labute approximate surface area is 132 Å². The monoisotopic (exact) mass is 367 g/mol. The Bertz CT molecular complexity index is 727. The quantitative estimate of drug-likeness (QED) is 0.654. The summed E-state index contributed by atoms with van der Waals surface area (Å²) in [4.78, 5) is 26.8. The summed E-state index contributed by atoms with van der Waals surface area (Å²) in [6, 6.07) is 4.08. The molecule has 1 heterocycles. The van der Waals surface area contributed by atoms with Gasteiger partial charge >= 0.3 is 0 Å². The van der Waals surface area contributed by atoms with Crippen molar-refractivity contribution in [3.8, 4) is 0 Å². The van der Waals surface area contributed by atoms with E-state index in [1.54, 1.807) is 0 Å². The highest BCUT2D eigenvalue weighted by Crippen LogP contribution is 2.41. The summed E-state index contributed by atoms with van der Waals surface area (Å²) in [5.74, 6) is 0.110. The van der Waals surface area contributed by atoms with Gasteiger partial charge in [0.15, 0.2) is 5.13 Å². The third-order valence-electron chi connectivity index (χ3n) is 3.14. The van der Waals surface area contributed by atoms with E-state index in [4.69, 9.17) is 0 Å². The lowest BCUT2D eigenvalue weighted by atomic mass is 10.2. The standard InChI is InChI=1S/C13H10BrN3O3S/c14-10-4-3-8(17(19)20)5-9(10)12(18)16-13-15-11(6-21-13)7-1-2-7/h3-7H,1-2H2,(H,15,16,18). The number of thiazole rings is 1. The molecule has 1 aliphatic carbocycles. The van der Waals surface area contributed by atoms with Crippen molar-refractivity contribution in [3.05, 3.63) is 49.4 Å². The molecule has 0 radical (unpaired) electrons. The van der Waals surface area contributed by atoms with Crippen LogP contribution in [-0.2, 0) is 0 Å². The Balaban J connectivity index is 1.80. The lowest BCUT2D eigenvalue weighted by Crippen LogP contribution is -2.12. The first kappa shape index (κ1) is 14.2. The third-order valence-corrected chi connectivity index (χ3v) is 4.61. The number of aromatic nitrogens is 1. The number of hydrogen-bond donors (Lipinski definition) is 1. The molecular formula is C13H10BrN3O3S. The molecule has 0 saturated heterocycles. The van der Waals surface area contributed by atoms with Gasteiger partial charge in [-0.05, 0) is 34.8 Å². The van der Waals surface area contributed by atoms with E-state index < -0.39 is 10.8 Å². The Morgan fingerprint density at radius 2 is 2.24 bits per heavy atom. The van der Waals surface area contributed by atoms with Gasteiger partial charge in [-0.1, -0.05) is 0 Å². The van der Waals surface area contributed by atoms with E-state index in [2.05, 4.69) is 26.2 Å². The van der Waals surface area contributed by atoms with Gasteiger partial charge in [-0.25, -0.2) is 4.98 Å². The van der Waals surface area contributed by atoms with E-state index in [0.29, 0.717) is 15.5 Å². The number of nitro groups is 1. The van der Waals surface area contributed by atoms with Gasteiger partial charge < -0.3 is 0 Å². The van der Waals surface area contributed by atoms with Crippen molar-refractivity contribution in [1.82, 2.24) is 4.98 Å². The van der Waals surface area contributed by atoms with Crippen LogP contribution in [0.2, 0.25) is 0 Å². The number of hydrogen-bond acceptors (Lipinski definition) is 5. The van der Waals surface area contributed by atoms with Crippen molar-refractivity contribution in [3.63, 3.8) is 0 Å². The molecule has 1 fully saturated rings. The minimum Gasteiger partial charge on any atom is -0.298 e. The molecule has 3 rings (SSSR count). The molecule has 0 bridgehead atoms. The van der Waals surface area contributed by atoms with Gasteiger partial charge in [0.05, 0.1) is 16.2 Å². The zero-order valence-corrected chi connectivity index (χ0v) is 13.1. The maximum Gasteiger partial charge on any atom is 0.270 e. The summed E-state index contributed by atoms with van der Waals surface area (Å²) in [5.41, 5.74) is 1.10. The first-order valence-electron chi connectivity index (χ1n) is 6.25. The summed E-state index contributed by atoms with van der Waals surface area (Å²) < 4.78 is 0.504. The van der Waals surface area contributed by atoms with Crippen molar-refractivity contribution < 1.29 is 9.72 Å². The maximum atomic E-state index is 12.2. The number of anilines is 1. The van der Waals surface area contributed by atoms with Crippen LogP contribution in [0.25, 0.3) is 0 Å². The zero-order chi connectivity index (χ0) is 15.0. The van der Waals surface area contributed by atoms with Crippen LogP contribution in [0.1, 0.15) is 34.8 Å². The number of carbonyl (C=O) groups excluding carboxylic acids is 1. The molecular weight excluding hydrogens is 358 g/mol. The predicted octanol–water partition coefficient (Wildman–Crippen LogP) is 3.94. The fourth-order valence-corrected chi connectivity index (χ4v) is 3.09. The summed E-state index contributed by atoms with van der Waals surface area (Å²) in [7, 11) is 0. The van der Waals surface area contributed by atoms with Crippen LogP contribution in [0.5, 0.6) is 0 Å². The largest absolute Gasteiger partial charge is 0.298 e. The second-order valence-electron chi connectivity index (χ2n) is 4.73. The van der Waals surface area contributed by atoms with Crippen LogP contribution in [0.3, 0.4) is 0 Å². The smallest absolute Gasteiger partial charge is 0.270 e. The maximum absolute atomic E-state index is 12.2. The van der Waals surface area contributed by atoms with Crippen LogP contribution in [-0.4, -0.2) is 15.8 Å². The molecule has 0 spiro atoms. The van der Waals surface area contributed by atoms with E-state index in [-0.39, 0.29) is 11.3 Å². The lowest BCUT2D eigenvalue weighted by Gasteiger charge is -2.04. The van der Waals surface area contributed by atoms with Crippen molar-refractivity contribution >= 4 is 44.0 Å². The molecule has 1 amide bonds. The average Bonchev–Trinajstić information content (AvgIpc) is 3.20. The Hall–Kier alpha value is -1.80. The topological polar surface area (TPSA) is 85.1 Å². The number of benzene rings is 1. The van der Waals surface area contributed by atoms with Crippen molar-refractivity contribution in [1.29, 1.82) is 0 Å². The Morgan fingerprint density at radius 3 is 2.90 bits per heavy atom. The number of nitro benzene ring substituents is 1. The van der Waals surface area contributed by atoms with Crippen molar-refractivity contribution in [2.24, 2.45) is 0 Å². The van der Waals surface area contributed by atoms with Crippen LogP contribution in [0, 0.1) is 10.1 Å². The number of halogens is 1. The molecule has 1 aliphatic rings. The van der Waals surface area contributed by atoms with Crippen LogP contribution in [0.4, 0.5) is 10.8 Å². The van der Waals surface area contributed by atoms with Gasteiger partial charge in [-0.2, -0.15) is 0 Å². The normalized spacial score (nSPS) is 14.0. The second kappa shape index (κ2) is 5.53. The number of rotatable bonds is 4. The predicted molar refractivity (Wildman–Crippen MR) is 82.8 cm³/mol. The fraction of sp³-hybridized carbons (Fsp3) is 0.231. The molecule has 21 heavy (non-hydrogen) atoms. The summed E-state index contributed by atoms with van der Waals surface area (Å²) in [5, 5.41) is 15.9. The molecule has 1 saturated carbocycles.